The van der Waals surface area contributed by atoms with Crippen LogP contribution in [-0.4, -0.2) is 38.1 Å². The van der Waals surface area contributed by atoms with E-state index in [-0.39, 0.29) is 5.91 Å². The highest BCUT2D eigenvalue weighted by Crippen LogP contribution is 2.20. The van der Waals surface area contributed by atoms with Crippen LogP contribution in [0.5, 0.6) is 0 Å². The topological polar surface area (TPSA) is 44.4 Å². The number of anilines is 1. The van der Waals surface area contributed by atoms with Gasteiger partial charge in [-0.05, 0) is 56.8 Å². The van der Waals surface area contributed by atoms with Gasteiger partial charge in [0.05, 0.1) is 0 Å². The summed E-state index contributed by atoms with van der Waals surface area (Å²) in [5.74, 6) is 0.967. The zero-order valence-corrected chi connectivity index (χ0v) is 13.3. The van der Waals surface area contributed by atoms with Gasteiger partial charge in [0, 0.05) is 31.2 Å². The van der Waals surface area contributed by atoms with Gasteiger partial charge in [-0.3, -0.25) is 4.79 Å². The summed E-state index contributed by atoms with van der Waals surface area (Å²) < 4.78 is 0. The van der Waals surface area contributed by atoms with Gasteiger partial charge >= 0.3 is 0 Å². The number of hydrogen-bond donors (Lipinski definition) is 2. The molecule has 4 heteroatoms. The average Bonchev–Trinajstić information content (AvgIpc) is 3.03. The minimum Gasteiger partial charge on any atom is -0.369 e. The van der Waals surface area contributed by atoms with Crippen LogP contribution >= 0.6 is 0 Å². The molecule has 2 aliphatic heterocycles. The molecule has 0 aromatic heterocycles. The van der Waals surface area contributed by atoms with Crippen LogP contribution < -0.4 is 15.5 Å². The highest BCUT2D eigenvalue weighted by atomic mass is 16.1. The van der Waals surface area contributed by atoms with Crippen molar-refractivity contribution in [2.75, 3.05) is 31.1 Å². The van der Waals surface area contributed by atoms with E-state index < -0.39 is 0 Å². The summed E-state index contributed by atoms with van der Waals surface area (Å²) in [7, 11) is 0. The maximum Gasteiger partial charge on any atom is 0.220 e. The third kappa shape index (κ3) is 4.23. The van der Waals surface area contributed by atoms with Crippen LogP contribution in [0, 0.1) is 5.92 Å². The molecule has 1 atom stereocenters. The molecule has 0 bridgehead atoms. The molecule has 1 aromatic rings. The fourth-order valence-corrected chi connectivity index (χ4v) is 3.56. The van der Waals surface area contributed by atoms with Crippen molar-refractivity contribution in [3.63, 3.8) is 0 Å². The summed E-state index contributed by atoms with van der Waals surface area (Å²) in [5.41, 5.74) is 1.26. The van der Waals surface area contributed by atoms with Gasteiger partial charge in [-0.1, -0.05) is 18.2 Å². The van der Waals surface area contributed by atoms with Gasteiger partial charge < -0.3 is 15.5 Å². The molecule has 2 N–H and O–H groups in total. The molecule has 2 heterocycles. The van der Waals surface area contributed by atoms with Crippen molar-refractivity contribution in [3.8, 4) is 0 Å². The molecular formula is C18H27N3O. The van der Waals surface area contributed by atoms with Crippen LogP contribution in [0.2, 0.25) is 0 Å². The lowest BCUT2D eigenvalue weighted by molar-refractivity contribution is -0.122. The Morgan fingerprint density at radius 2 is 1.95 bits per heavy atom. The van der Waals surface area contributed by atoms with E-state index in [4.69, 9.17) is 0 Å². The molecule has 0 spiro atoms. The Bertz CT molecular complexity index is 470. The van der Waals surface area contributed by atoms with Gasteiger partial charge in [-0.15, -0.1) is 0 Å². The smallest absolute Gasteiger partial charge is 0.220 e. The maximum absolute atomic E-state index is 12.1. The Labute approximate surface area is 133 Å². The SMILES string of the molecule is O=C(CCC1CCNCC1)NC1CCN(c2ccccc2)C1. The number of piperidine rings is 1. The van der Waals surface area contributed by atoms with Crippen LogP contribution in [0.3, 0.4) is 0 Å². The Balaban J connectivity index is 1.39. The molecular weight excluding hydrogens is 274 g/mol. The first-order valence-electron chi connectivity index (χ1n) is 8.61. The fourth-order valence-electron chi connectivity index (χ4n) is 3.56. The molecule has 120 valence electrons. The maximum atomic E-state index is 12.1. The first-order valence-corrected chi connectivity index (χ1v) is 8.61. The second kappa shape index (κ2) is 7.63. The lowest BCUT2D eigenvalue weighted by Crippen LogP contribution is -2.37. The summed E-state index contributed by atoms with van der Waals surface area (Å²) in [6, 6.07) is 10.8. The molecule has 1 aromatic carbocycles. The average molecular weight is 301 g/mol. The van der Waals surface area contributed by atoms with Gasteiger partial charge in [0.25, 0.3) is 0 Å². The normalized spacial score (nSPS) is 22.7. The first-order chi connectivity index (χ1) is 10.8. The number of nitrogens with one attached hydrogen (secondary N) is 2. The third-order valence-corrected chi connectivity index (χ3v) is 4.91. The van der Waals surface area contributed by atoms with Crippen molar-refractivity contribution in [2.24, 2.45) is 5.92 Å². The monoisotopic (exact) mass is 301 g/mol. The molecule has 2 aliphatic rings. The molecule has 2 saturated heterocycles. The third-order valence-electron chi connectivity index (χ3n) is 4.91. The number of para-hydroxylation sites is 1. The van der Waals surface area contributed by atoms with Crippen LogP contribution in [0.4, 0.5) is 5.69 Å². The van der Waals surface area contributed by atoms with Crippen LogP contribution in [0.25, 0.3) is 0 Å². The van der Waals surface area contributed by atoms with E-state index in [2.05, 4.69) is 39.8 Å². The number of hydrogen-bond acceptors (Lipinski definition) is 3. The van der Waals surface area contributed by atoms with Gasteiger partial charge in [-0.2, -0.15) is 0 Å². The van der Waals surface area contributed by atoms with E-state index >= 15 is 0 Å². The number of carbonyl (C=O) groups excluding carboxylic acids is 1. The lowest BCUT2D eigenvalue weighted by Gasteiger charge is -2.22. The molecule has 3 rings (SSSR count). The minimum atomic E-state index is 0.235. The summed E-state index contributed by atoms with van der Waals surface area (Å²) in [6.45, 7) is 4.19. The molecule has 1 unspecified atom stereocenters. The van der Waals surface area contributed by atoms with Gasteiger partial charge in [0.1, 0.15) is 0 Å². The Hall–Kier alpha value is -1.55. The van der Waals surface area contributed by atoms with Crippen LogP contribution in [0.15, 0.2) is 30.3 Å². The summed E-state index contributed by atoms with van der Waals surface area (Å²) in [6.07, 6.45) is 5.22. The lowest BCUT2D eigenvalue weighted by atomic mass is 9.93. The fraction of sp³-hybridized carbons (Fsp3) is 0.611. The molecule has 0 radical (unpaired) electrons. The van der Waals surface area contributed by atoms with E-state index in [1.54, 1.807) is 0 Å². The predicted octanol–water partition coefficient (Wildman–Crippen LogP) is 2.16. The van der Waals surface area contributed by atoms with Crippen molar-refractivity contribution < 1.29 is 4.79 Å². The number of benzene rings is 1. The van der Waals surface area contributed by atoms with Gasteiger partial charge in [-0.25, -0.2) is 0 Å². The van der Waals surface area contributed by atoms with Crippen molar-refractivity contribution in [1.29, 1.82) is 0 Å². The summed E-state index contributed by atoms with van der Waals surface area (Å²) in [4.78, 5) is 14.5. The molecule has 0 saturated carbocycles. The van der Waals surface area contributed by atoms with E-state index in [0.717, 1.165) is 44.9 Å². The predicted molar refractivity (Wildman–Crippen MR) is 90.0 cm³/mol. The van der Waals surface area contributed by atoms with E-state index in [1.165, 1.54) is 18.5 Å². The molecule has 0 aliphatic carbocycles. The first kappa shape index (κ1) is 15.3. The Kier molecular flexibility index (Phi) is 5.33. The molecule has 2 fully saturated rings. The van der Waals surface area contributed by atoms with Gasteiger partial charge in [0.15, 0.2) is 0 Å². The summed E-state index contributed by atoms with van der Waals surface area (Å²) >= 11 is 0. The summed E-state index contributed by atoms with van der Waals surface area (Å²) in [5, 5.41) is 6.60. The number of rotatable bonds is 5. The van der Waals surface area contributed by atoms with Crippen molar-refractivity contribution in [1.82, 2.24) is 10.6 Å². The van der Waals surface area contributed by atoms with E-state index in [0.29, 0.717) is 12.5 Å². The second-order valence-electron chi connectivity index (χ2n) is 6.57. The largest absolute Gasteiger partial charge is 0.369 e. The van der Waals surface area contributed by atoms with Crippen LogP contribution in [0.1, 0.15) is 32.1 Å². The van der Waals surface area contributed by atoms with E-state index in [1.807, 2.05) is 6.07 Å². The van der Waals surface area contributed by atoms with E-state index in [9.17, 15) is 4.79 Å². The standard InChI is InChI=1S/C18H27N3O/c22-18(7-6-15-8-11-19-12-9-15)20-16-10-13-21(14-16)17-4-2-1-3-5-17/h1-5,15-16,19H,6-14H2,(H,20,22). The number of amides is 1. The quantitative estimate of drug-likeness (QED) is 0.876. The number of carbonyl (C=O) groups is 1. The Morgan fingerprint density at radius 1 is 1.18 bits per heavy atom. The number of nitrogens with zero attached hydrogens (tertiary/aromatic N) is 1. The van der Waals surface area contributed by atoms with Crippen molar-refractivity contribution >= 4 is 11.6 Å². The van der Waals surface area contributed by atoms with Gasteiger partial charge in [0.2, 0.25) is 5.91 Å². The minimum absolute atomic E-state index is 0.235. The highest BCUT2D eigenvalue weighted by molar-refractivity contribution is 5.76. The molecule has 22 heavy (non-hydrogen) atoms. The van der Waals surface area contributed by atoms with Crippen molar-refractivity contribution in [3.05, 3.63) is 30.3 Å². The van der Waals surface area contributed by atoms with Crippen LogP contribution in [-0.2, 0) is 4.79 Å². The zero-order valence-electron chi connectivity index (χ0n) is 13.3. The van der Waals surface area contributed by atoms with Crippen molar-refractivity contribution in [2.45, 2.75) is 38.1 Å². The molecule has 4 nitrogen and oxygen atoms in total. The highest BCUT2D eigenvalue weighted by Gasteiger charge is 2.24. The Morgan fingerprint density at radius 3 is 2.73 bits per heavy atom. The zero-order chi connectivity index (χ0) is 15.2. The molecule has 1 amide bonds. The second-order valence-corrected chi connectivity index (χ2v) is 6.57.